The molecule has 4 heterocycles. The zero-order chi connectivity index (χ0) is 15.8. The molecule has 0 saturated carbocycles. The third-order valence-electron chi connectivity index (χ3n) is 4.18. The predicted molar refractivity (Wildman–Crippen MR) is 90.9 cm³/mol. The molecule has 6 nitrogen and oxygen atoms in total. The van der Waals surface area contributed by atoms with E-state index in [9.17, 15) is 4.79 Å². The topological polar surface area (TPSA) is 54.3 Å². The molecular weight excluding hydrogens is 310 g/mol. The lowest BCUT2D eigenvalue weighted by molar-refractivity contribution is 0.0746. The van der Waals surface area contributed by atoms with E-state index >= 15 is 0 Å². The van der Waals surface area contributed by atoms with E-state index in [0.717, 1.165) is 18.9 Å². The van der Waals surface area contributed by atoms with Crippen molar-refractivity contribution in [2.75, 3.05) is 31.1 Å². The molecular formula is C16H17N5OS. The van der Waals surface area contributed by atoms with E-state index in [1.165, 1.54) is 10.1 Å². The van der Waals surface area contributed by atoms with Crippen molar-refractivity contribution < 1.29 is 4.79 Å². The Bertz CT molecular complexity index is 847. The Morgan fingerprint density at radius 2 is 2.04 bits per heavy atom. The maximum Gasteiger partial charge on any atom is 0.257 e. The molecule has 1 fully saturated rings. The van der Waals surface area contributed by atoms with E-state index in [1.807, 2.05) is 24.2 Å². The molecule has 0 unspecified atom stereocenters. The lowest BCUT2D eigenvalue weighted by Crippen LogP contribution is -2.49. The summed E-state index contributed by atoms with van der Waals surface area (Å²) < 4.78 is 2.91. The smallest absolute Gasteiger partial charge is 0.257 e. The maximum atomic E-state index is 12.5. The molecule has 0 N–H and O–H groups in total. The average Bonchev–Trinajstić information content (AvgIpc) is 3.22. The van der Waals surface area contributed by atoms with Gasteiger partial charge in [0.1, 0.15) is 5.82 Å². The largest absolute Gasteiger partial charge is 0.353 e. The first-order chi connectivity index (χ1) is 11.2. The fourth-order valence-corrected chi connectivity index (χ4v) is 3.74. The number of hydrogen-bond acceptors (Lipinski definition) is 5. The summed E-state index contributed by atoms with van der Waals surface area (Å²) in [5.41, 5.74) is 0.652. The van der Waals surface area contributed by atoms with Gasteiger partial charge in [-0.15, -0.1) is 11.3 Å². The average molecular weight is 327 g/mol. The van der Waals surface area contributed by atoms with Gasteiger partial charge in [-0.1, -0.05) is 0 Å². The molecule has 4 rings (SSSR count). The number of aromatic nitrogens is 3. The lowest BCUT2D eigenvalue weighted by atomic mass is 10.2. The molecule has 0 bridgehead atoms. The molecule has 23 heavy (non-hydrogen) atoms. The molecule has 0 atom stereocenters. The maximum absolute atomic E-state index is 12.5. The van der Waals surface area contributed by atoms with Crippen LogP contribution < -0.4 is 4.90 Å². The van der Waals surface area contributed by atoms with Crippen molar-refractivity contribution in [3.05, 3.63) is 41.7 Å². The molecule has 3 aromatic heterocycles. The zero-order valence-corrected chi connectivity index (χ0v) is 13.7. The van der Waals surface area contributed by atoms with Crippen molar-refractivity contribution in [3.63, 3.8) is 0 Å². The second kappa shape index (κ2) is 5.66. The minimum atomic E-state index is 0.0550. The van der Waals surface area contributed by atoms with Crippen LogP contribution in [-0.2, 0) is 7.05 Å². The van der Waals surface area contributed by atoms with E-state index < -0.39 is 0 Å². The van der Waals surface area contributed by atoms with E-state index in [4.69, 9.17) is 0 Å². The van der Waals surface area contributed by atoms with Gasteiger partial charge in [0.05, 0.1) is 11.8 Å². The van der Waals surface area contributed by atoms with Crippen LogP contribution in [-0.4, -0.2) is 51.8 Å². The molecule has 1 aliphatic heterocycles. The van der Waals surface area contributed by atoms with Gasteiger partial charge in [0.2, 0.25) is 0 Å². The minimum absolute atomic E-state index is 0.0550. The van der Waals surface area contributed by atoms with Crippen molar-refractivity contribution >= 4 is 33.1 Å². The molecule has 118 valence electrons. The molecule has 1 amide bonds. The Labute approximate surface area is 138 Å². The van der Waals surface area contributed by atoms with Crippen molar-refractivity contribution in [3.8, 4) is 0 Å². The standard InChI is InChI=1S/C16H17N5OS/c1-19-11-12(10-18-19)16(22)21-7-5-20(6-8-21)15-13-3-9-23-14(13)2-4-17-15/h2-4,9-11H,5-8H2,1H3. The van der Waals surface area contributed by atoms with Crippen LogP contribution in [0.5, 0.6) is 0 Å². The van der Waals surface area contributed by atoms with Crippen LogP contribution >= 0.6 is 11.3 Å². The highest BCUT2D eigenvalue weighted by molar-refractivity contribution is 7.17. The van der Waals surface area contributed by atoms with Gasteiger partial charge < -0.3 is 9.80 Å². The third kappa shape index (κ3) is 2.57. The van der Waals surface area contributed by atoms with E-state index in [0.29, 0.717) is 18.7 Å². The van der Waals surface area contributed by atoms with E-state index in [-0.39, 0.29) is 5.91 Å². The van der Waals surface area contributed by atoms with Gasteiger partial charge in [-0.2, -0.15) is 5.10 Å². The van der Waals surface area contributed by atoms with Gasteiger partial charge in [-0.05, 0) is 17.5 Å². The Balaban J connectivity index is 1.49. The summed E-state index contributed by atoms with van der Waals surface area (Å²) in [6.45, 7) is 3.01. The SMILES string of the molecule is Cn1cc(C(=O)N2CCN(c3nccc4sccc34)CC2)cn1. The van der Waals surface area contributed by atoms with Crippen molar-refractivity contribution in [2.45, 2.75) is 0 Å². The number of fused-ring (bicyclic) bond motifs is 1. The number of piperazine rings is 1. The van der Waals surface area contributed by atoms with Gasteiger partial charge in [0, 0.05) is 55.7 Å². The van der Waals surface area contributed by atoms with Gasteiger partial charge in [-0.3, -0.25) is 9.48 Å². The molecule has 1 saturated heterocycles. The Morgan fingerprint density at radius 3 is 2.78 bits per heavy atom. The number of amides is 1. The van der Waals surface area contributed by atoms with Crippen molar-refractivity contribution in [1.82, 2.24) is 19.7 Å². The number of nitrogens with zero attached hydrogens (tertiary/aromatic N) is 5. The molecule has 0 aromatic carbocycles. The van der Waals surface area contributed by atoms with Crippen molar-refractivity contribution in [2.24, 2.45) is 7.05 Å². The van der Waals surface area contributed by atoms with Gasteiger partial charge in [0.15, 0.2) is 0 Å². The van der Waals surface area contributed by atoms with Crippen LogP contribution in [0.15, 0.2) is 36.1 Å². The van der Waals surface area contributed by atoms with Gasteiger partial charge in [-0.25, -0.2) is 4.98 Å². The number of carbonyl (C=O) groups excluding carboxylic acids is 1. The summed E-state index contributed by atoms with van der Waals surface area (Å²) in [6.07, 6.45) is 5.26. The van der Waals surface area contributed by atoms with Gasteiger partial charge >= 0.3 is 0 Å². The summed E-state index contributed by atoms with van der Waals surface area (Å²) in [6, 6.07) is 4.17. The number of thiophene rings is 1. The zero-order valence-electron chi connectivity index (χ0n) is 12.8. The Hall–Kier alpha value is -2.41. The molecule has 3 aromatic rings. The second-order valence-electron chi connectivity index (χ2n) is 5.65. The fourth-order valence-electron chi connectivity index (χ4n) is 2.97. The summed E-state index contributed by atoms with van der Waals surface area (Å²) in [5.74, 6) is 1.08. The highest BCUT2D eigenvalue weighted by atomic mass is 32.1. The summed E-state index contributed by atoms with van der Waals surface area (Å²) in [4.78, 5) is 21.2. The Kier molecular flexibility index (Phi) is 3.49. The first kappa shape index (κ1) is 14.2. The van der Waals surface area contributed by atoms with E-state index in [1.54, 1.807) is 28.4 Å². The number of pyridine rings is 1. The predicted octanol–water partition coefficient (Wildman–Crippen LogP) is 1.99. The quantitative estimate of drug-likeness (QED) is 0.722. The molecule has 7 heteroatoms. The highest BCUT2D eigenvalue weighted by Gasteiger charge is 2.24. The van der Waals surface area contributed by atoms with Crippen molar-refractivity contribution in [1.29, 1.82) is 0 Å². The monoisotopic (exact) mass is 327 g/mol. The minimum Gasteiger partial charge on any atom is -0.353 e. The van der Waals surface area contributed by atoms with Crippen LogP contribution in [0, 0.1) is 0 Å². The number of anilines is 1. The summed E-state index contributed by atoms with van der Waals surface area (Å²) in [7, 11) is 1.82. The van der Waals surface area contributed by atoms with Gasteiger partial charge in [0.25, 0.3) is 5.91 Å². The number of hydrogen-bond donors (Lipinski definition) is 0. The number of carbonyl (C=O) groups is 1. The van der Waals surface area contributed by atoms with Crippen LogP contribution in [0.4, 0.5) is 5.82 Å². The van der Waals surface area contributed by atoms with Crippen LogP contribution in [0.1, 0.15) is 10.4 Å². The van der Waals surface area contributed by atoms with Crippen LogP contribution in [0.2, 0.25) is 0 Å². The second-order valence-corrected chi connectivity index (χ2v) is 6.60. The van der Waals surface area contributed by atoms with E-state index in [2.05, 4.69) is 26.4 Å². The highest BCUT2D eigenvalue weighted by Crippen LogP contribution is 2.29. The normalized spacial score (nSPS) is 15.3. The van der Waals surface area contributed by atoms with Crippen LogP contribution in [0.3, 0.4) is 0 Å². The lowest BCUT2D eigenvalue weighted by Gasteiger charge is -2.35. The number of aryl methyl sites for hydroxylation is 1. The molecule has 1 aliphatic rings. The summed E-state index contributed by atoms with van der Waals surface area (Å²) in [5, 5.41) is 7.37. The fraction of sp³-hybridized carbons (Fsp3) is 0.312. The van der Waals surface area contributed by atoms with Crippen LogP contribution in [0.25, 0.3) is 10.1 Å². The third-order valence-corrected chi connectivity index (χ3v) is 5.06. The summed E-state index contributed by atoms with van der Waals surface area (Å²) >= 11 is 1.73. The Morgan fingerprint density at radius 1 is 1.22 bits per heavy atom. The molecule has 0 radical (unpaired) electrons. The number of rotatable bonds is 2. The molecule has 0 spiro atoms. The first-order valence-electron chi connectivity index (χ1n) is 7.57. The first-order valence-corrected chi connectivity index (χ1v) is 8.45. The molecule has 0 aliphatic carbocycles.